The van der Waals surface area contributed by atoms with Gasteiger partial charge in [-0.3, -0.25) is 0 Å². The molecule has 5 heteroatoms. The van der Waals surface area contributed by atoms with Gasteiger partial charge in [0, 0.05) is 71.2 Å². The van der Waals surface area contributed by atoms with Crippen LogP contribution in [-0.4, -0.2) is 25.0 Å². The molecule has 0 aliphatic carbocycles. The molecular weight excluding hydrogens is 727 g/mol. The predicted molar refractivity (Wildman–Crippen MR) is 254 cm³/mol. The van der Waals surface area contributed by atoms with E-state index in [4.69, 9.17) is 0 Å². The van der Waals surface area contributed by atoms with Crippen molar-refractivity contribution in [2.24, 2.45) is 0 Å². The lowest BCUT2D eigenvalue weighted by Crippen LogP contribution is -2.53. The highest BCUT2D eigenvalue weighted by atomic mass is 15.0. The molecule has 0 saturated carbocycles. The van der Waals surface area contributed by atoms with Crippen LogP contribution in [-0.2, 0) is 0 Å². The van der Waals surface area contributed by atoms with Crippen molar-refractivity contribution in [1.82, 2.24) is 18.2 Å². The van der Waals surface area contributed by atoms with Crippen molar-refractivity contribution in [2.45, 2.75) is 6.92 Å². The molecule has 1 aliphatic heterocycles. The van der Waals surface area contributed by atoms with Gasteiger partial charge in [0.15, 0.2) is 0 Å². The van der Waals surface area contributed by atoms with Crippen molar-refractivity contribution in [3.63, 3.8) is 0 Å². The van der Waals surface area contributed by atoms with Gasteiger partial charge in [0.2, 0.25) is 0 Å². The van der Waals surface area contributed by atoms with E-state index in [1.807, 2.05) is 0 Å². The third kappa shape index (κ3) is 4.06. The average Bonchev–Trinajstić information content (AvgIpc) is 4.03. The molecule has 4 nitrogen and oxygen atoms in total. The number of aromatic nitrogens is 4. The van der Waals surface area contributed by atoms with Crippen LogP contribution >= 0.6 is 0 Å². The molecule has 9 aromatic carbocycles. The molecule has 0 radical (unpaired) electrons. The molecule has 13 aromatic rings. The van der Waals surface area contributed by atoms with Crippen LogP contribution in [0.25, 0.3) is 104 Å². The highest BCUT2D eigenvalue weighted by Crippen LogP contribution is 2.41. The van der Waals surface area contributed by atoms with E-state index in [-0.39, 0.29) is 6.85 Å². The van der Waals surface area contributed by atoms with Crippen LogP contribution in [0.2, 0.25) is 0 Å². The summed E-state index contributed by atoms with van der Waals surface area (Å²) in [5.41, 5.74) is 17.3. The quantitative estimate of drug-likeness (QED) is 0.160. The summed E-state index contributed by atoms with van der Waals surface area (Å²) in [5, 5.41) is 10.1. The number of fused-ring (bicyclic) bond motifs is 14. The number of benzene rings is 9. The van der Waals surface area contributed by atoms with Crippen LogP contribution in [0.3, 0.4) is 0 Å². The lowest BCUT2D eigenvalue weighted by atomic mass is 9.48. The van der Waals surface area contributed by atoms with Gasteiger partial charge >= 0.3 is 6.85 Å². The first-order valence-corrected chi connectivity index (χ1v) is 20.9. The lowest BCUT2D eigenvalue weighted by molar-refractivity contribution is 1.16. The third-order valence-electron chi connectivity index (χ3n) is 13.5. The zero-order chi connectivity index (χ0) is 39.2. The fourth-order valence-corrected chi connectivity index (χ4v) is 11.1. The molecule has 278 valence electrons. The summed E-state index contributed by atoms with van der Waals surface area (Å²) in [6.45, 7) is 2.18. The molecule has 0 bridgehead atoms. The van der Waals surface area contributed by atoms with Gasteiger partial charge in [0.25, 0.3) is 0 Å². The second kappa shape index (κ2) is 11.7. The van der Waals surface area contributed by atoms with Crippen LogP contribution in [0.1, 0.15) is 5.56 Å². The summed E-state index contributed by atoms with van der Waals surface area (Å²) < 4.78 is 10.1. The normalized spacial score (nSPS) is 12.7. The average molecular weight is 763 g/mol. The lowest BCUT2D eigenvalue weighted by Gasteiger charge is -2.29. The topological polar surface area (TPSA) is 19.7 Å². The summed E-state index contributed by atoms with van der Waals surface area (Å²) in [6, 6.07) is 72.3. The number of rotatable bonds is 3. The van der Waals surface area contributed by atoms with E-state index in [1.54, 1.807) is 0 Å². The summed E-state index contributed by atoms with van der Waals surface area (Å²) in [5.74, 6) is 0. The maximum atomic E-state index is 2.65. The van der Waals surface area contributed by atoms with Gasteiger partial charge in [-0.15, -0.1) is 0 Å². The molecular formula is C55H35BN4. The Hall–Kier alpha value is -7.76. The first-order chi connectivity index (χ1) is 29.7. The zero-order valence-corrected chi connectivity index (χ0v) is 32.8. The molecule has 0 unspecified atom stereocenters. The molecule has 0 fully saturated rings. The van der Waals surface area contributed by atoms with Gasteiger partial charge in [-0.1, -0.05) is 127 Å². The predicted octanol–water partition coefficient (Wildman–Crippen LogP) is 12.4. The minimum atomic E-state index is -0.0890. The Morgan fingerprint density at radius 2 is 0.800 bits per heavy atom. The van der Waals surface area contributed by atoms with Crippen molar-refractivity contribution in [3.8, 4) is 17.1 Å². The standard InChI is InChI=1S/C55H35BN4/c1-34-15-14-21-42-41-20-6-12-27-52(41)60(54(34)42)56-45-22-7-13-28-53(45)59-51-30-29-35(57-47-23-8-2-16-37(47)38-17-3-9-24-48(38)57)31-43(51)44-32-36(33-46(56)55(44)59)58-49-25-10-4-18-39(49)40-19-5-11-26-50(40)58/h2-33H,1H3. The fourth-order valence-electron chi connectivity index (χ4n) is 11.1. The van der Waals surface area contributed by atoms with Crippen molar-refractivity contribution < 1.29 is 0 Å². The van der Waals surface area contributed by atoms with E-state index < -0.39 is 0 Å². The number of hydrogen-bond acceptors (Lipinski definition) is 0. The SMILES string of the molecule is Cc1cccc2c3ccccc3n(B3c4ccccc4-n4c5ccc(-n6c7ccccc7c7ccccc76)cc5c5cc(-n6c7ccccc7c7ccccc76)cc3c54)c12. The molecule has 0 N–H and O–H groups in total. The Morgan fingerprint density at radius 1 is 0.317 bits per heavy atom. The first kappa shape index (κ1) is 32.2. The Bertz CT molecular complexity index is 3880. The van der Waals surface area contributed by atoms with Gasteiger partial charge in [-0.2, -0.15) is 0 Å². The summed E-state index contributed by atoms with van der Waals surface area (Å²) in [4.78, 5) is 0. The van der Waals surface area contributed by atoms with Crippen LogP contribution in [0.4, 0.5) is 0 Å². The van der Waals surface area contributed by atoms with Gasteiger partial charge in [0.1, 0.15) is 0 Å². The van der Waals surface area contributed by atoms with Gasteiger partial charge < -0.3 is 18.2 Å². The van der Waals surface area contributed by atoms with Gasteiger partial charge in [-0.25, -0.2) is 0 Å². The molecule has 0 amide bonds. The fraction of sp³-hybridized carbons (Fsp3) is 0.0182. The number of nitrogens with zero attached hydrogens (tertiary/aromatic N) is 4. The maximum Gasteiger partial charge on any atom is 0.332 e. The number of hydrogen-bond donors (Lipinski definition) is 0. The van der Waals surface area contributed by atoms with E-state index in [1.165, 1.54) is 109 Å². The monoisotopic (exact) mass is 762 g/mol. The number of aryl methyl sites for hydroxylation is 1. The zero-order valence-electron chi connectivity index (χ0n) is 32.8. The van der Waals surface area contributed by atoms with Gasteiger partial charge in [-0.05, 0) is 90.1 Å². The molecule has 4 aromatic heterocycles. The third-order valence-corrected chi connectivity index (χ3v) is 13.5. The van der Waals surface area contributed by atoms with Crippen LogP contribution < -0.4 is 10.9 Å². The van der Waals surface area contributed by atoms with E-state index >= 15 is 0 Å². The second-order valence-electron chi connectivity index (χ2n) is 16.5. The summed E-state index contributed by atoms with van der Waals surface area (Å²) >= 11 is 0. The first-order valence-electron chi connectivity index (χ1n) is 20.9. The Kier molecular flexibility index (Phi) is 6.27. The van der Waals surface area contributed by atoms with Crippen LogP contribution in [0, 0.1) is 6.92 Å². The summed E-state index contributed by atoms with van der Waals surface area (Å²) in [6.07, 6.45) is 0. The van der Waals surface area contributed by atoms with Crippen molar-refractivity contribution in [1.29, 1.82) is 0 Å². The molecule has 1 aliphatic rings. The van der Waals surface area contributed by atoms with Crippen LogP contribution in [0.5, 0.6) is 0 Å². The molecule has 0 spiro atoms. The van der Waals surface area contributed by atoms with Crippen molar-refractivity contribution >= 4 is 105 Å². The number of para-hydroxylation sites is 7. The smallest absolute Gasteiger partial charge is 0.332 e. The molecule has 14 rings (SSSR count). The van der Waals surface area contributed by atoms with Crippen LogP contribution in [0.15, 0.2) is 194 Å². The van der Waals surface area contributed by atoms with E-state index in [9.17, 15) is 0 Å². The second-order valence-corrected chi connectivity index (χ2v) is 16.5. The van der Waals surface area contributed by atoms with Crippen molar-refractivity contribution in [2.75, 3.05) is 0 Å². The summed E-state index contributed by atoms with van der Waals surface area (Å²) in [7, 11) is 0. The van der Waals surface area contributed by atoms with E-state index in [0.717, 1.165) is 11.4 Å². The molecule has 0 atom stereocenters. The molecule has 5 heterocycles. The Labute approximate surface area is 345 Å². The minimum absolute atomic E-state index is 0.0890. The Balaban J connectivity index is 1.17. The minimum Gasteiger partial charge on any atom is -0.376 e. The van der Waals surface area contributed by atoms with E-state index in [0.29, 0.717) is 0 Å². The highest BCUT2D eigenvalue weighted by Gasteiger charge is 2.37. The Morgan fingerprint density at radius 3 is 1.43 bits per heavy atom. The maximum absolute atomic E-state index is 2.65. The highest BCUT2D eigenvalue weighted by molar-refractivity contribution is 6.88. The van der Waals surface area contributed by atoms with E-state index in [2.05, 4.69) is 219 Å². The largest absolute Gasteiger partial charge is 0.376 e. The van der Waals surface area contributed by atoms with Crippen molar-refractivity contribution in [3.05, 3.63) is 200 Å². The van der Waals surface area contributed by atoms with Gasteiger partial charge in [0.05, 0.1) is 33.1 Å². The molecule has 60 heavy (non-hydrogen) atoms. The molecule has 0 saturated heterocycles.